The van der Waals surface area contributed by atoms with E-state index in [0.717, 1.165) is 35.6 Å². The molecule has 0 aliphatic heterocycles. The van der Waals surface area contributed by atoms with Gasteiger partial charge >= 0.3 is 0 Å². The predicted molar refractivity (Wildman–Crippen MR) is 77.5 cm³/mol. The van der Waals surface area contributed by atoms with Crippen molar-refractivity contribution < 1.29 is 9.28 Å². The van der Waals surface area contributed by atoms with Crippen LogP contribution in [0.5, 0.6) is 0 Å². The fraction of sp³-hybridized carbons (Fsp3) is 0.812. The van der Waals surface area contributed by atoms with Crippen molar-refractivity contribution in [1.82, 2.24) is 0 Å². The first-order valence-electron chi connectivity index (χ1n) is 7.49. The van der Waals surface area contributed by atoms with Gasteiger partial charge < -0.3 is 4.48 Å². The molecule has 104 valence electrons. The molecule has 0 spiro atoms. The molecule has 0 aromatic rings. The van der Waals surface area contributed by atoms with Crippen LogP contribution < -0.4 is 0 Å². The number of nitrogens with zero attached hydrogens (tertiary/aromatic N) is 1. The predicted octanol–water partition coefficient (Wildman–Crippen LogP) is 3.71. The largest absolute Gasteiger partial charge is 0.325 e. The Balaban J connectivity index is 2.71. The highest BCUT2D eigenvalue weighted by Crippen LogP contribution is 2.32. The Labute approximate surface area is 113 Å². The molecule has 2 heteroatoms. The first-order valence-corrected chi connectivity index (χ1v) is 7.49. The van der Waals surface area contributed by atoms with Gasteiger partial charge in [0.15, 0.2) is 6.29 Å². The lowest BCUT2D eigenvalue weighted by molar-refractivity contribution is -0.890. The molecule has 2 nitrogen and oxygen atoms in total. The quantitative estimate of drug-likeness (QED) is 0.383. The number of hydrogen-bond donors (Lipinski definition) is 0. The van der Waals surface area contributed by atoms with Gasteiger partial charge in [-0.3, -0.25) is 4.79 Å². The molecular weight excluding hydrogens is 222 g/mol. The number of carbonyl (C=O) groups is 1. The summed E-state index contributed by atoms with van der Waals surface area (Å²) in [7, 11) is 6.61. The van der Waals surface area contributed by atoms with Crippen LogP contribution in [0.15, 0.2) is 11.1 Å². The summed E-state index contributed by atoms with van der Waals surface area (Å²) in [6.45, 7) is 2.24. The highest BCUT2D eigenvalue weighted by atomic mass is 16.1. The first-order chi connectivity index (χ1) is 8.50. The summed E-state index contributed by atoms with van der Waals surface area (Å²) >= 11 is 0. The van der Waals surface area contributed by atoms with Crippen molar-refractivity contribution in [3.8, 4) is 0 Å². The summed E-state index contributed by atoms with van der Waals surface area (Å²) in [6.07, 6.45) is 11.0. The molecule has 1 rings (SSSR count). The van der Waals surface area contributed by atoms with E-state index < -0.39 is 0 Å². The van der Waals surface area contributed by atoms with Crippen LogP contribution in [0.2, 0.25) is 0 Å². The van der Waals surface area contributed by atoms with E-state index in [9.17, 15) is 4.79 Å². The van der Waals surface area contributed by atoms with Crippen molar-refractivity contribution in [2.45, 2.75) is 64.3 Å². The van der Waals surface area contributed by atoms with Gasteiger partial charge in [-0.25, -0.2) is 0 Å². The van der Waals surface area contributed by atoms with E-state index in [1.54, 1.807) is 0 Å². The smallest absolute Gasteiger partial charge is 0.151 e. The van der Waals surface area contributed by atoms with Gasteiger partial charge in [0.2, 0.25) is 0 Å². The second-order valence-corrected chi connectivity index (χ2v) is 6.51. The molecule has 18 heavy (non-hydrogen) atoms. The highest BCUT2D eigenvalue weighted by molar-refractivity contribution is 5.76. The van der Waals surface area contributed by atoms with Crippen molar-refractivity contribution >= 4 is 6.29 Å². The fourth-order valence-electron chi connectivity index (χ4n) is 3.05. The van der Waals surface area contributed by atoms with E-state index in [1.807, 2.05) is 0 Å². The van der Waals surface area contributed by atoms with E-state index in [4.69, 9.17) is 0 Å². The molecule has 1 unspecified atom stereocenters. The molecule has 0 aromatic heterocycles. The second-order valence-electron chi connectivity index (χ2n) is 6.51. The minimum absolute atomic E-state index is 0.414. The number of allylic oxidation sites excluding steroid dienone is 1. The molecule has 0 aromatic carbocycles. The minimum atomic E-state index is 0.414. The normalized spacial score (nSPS) is 21.2. The van der Waals surface area contributed by atoms with E-state index in [-0.39, 0.29) is 0 Å². The van der Waals surface area contributed by atoms with Crippen molar-refractivity contribution in [1.29, 1.82) is 0 Å². The van der Waals surface area contributed by atoms with Gasteiger partial charge in [-0.15, -0.1) is 0 Å². The van der Waals surface area contributed by atoms with Crippen LogP contribution in [0.1, 0.15) is 58.3 Å². The average molecular weight is 252 g/mol. The van der Waals surface area contributed by atoms with Gasteiger partial charge in [0, 0.05) is 12.0 Å². The average Bonchev–Trinajstić information content (AvgIpc) is 2.33. The summed E-state index contributed by atoms with van der Waals surface area (Å²) in [5.74, 6) is 0. The lowest BCUT2D eigenvalue weighted by Gasteiger charge is -2.37. The Morgan fingerprint density at radius 3 is 2.50 bits per heavy atom. The van der Waals surface area contributed by atoms with Crippen LogP contribution >= 0.6 is 0 Å². The molecule has 0 N–H and O–H groups in total. The lowest BCUT2D eigenvalue weighted by Crippen LogP contribution is -2.47. The Bertz CT molecular complexity index is 299. The highest BCUT2D eigenvalue weighted by Gasteiger charge is 2.32. The van der Waals surface area contributed by atoms with Crippen LogP contribution in [0.3, 0.4) is 0 Å². The number of quaternary nitrogens is 1. The Kier molecular flexibility index (Phi) is 6.07. The van der Waals surface area contributed by atoms with Crippen molar-refractivity contribution in [3.05, 3.63) is 11.1 Å². The van der Waals surface area contributed by atoms with Gasteiger partial charge in [-0.1, -0.05) is 31.8 Å². The molecule has 1 atom stereocenters. The minimum Gasteiger partial charge on any atom is -0.325 e. The number of unbranched alkanes of at least 4 members (excludes halogenated alkanes) is 3. The zero-order chi connectivity index (χ0) is 13.6. The van der Waals surface area contributed by atoms with Crippen LogP contribution in [-0.2, 0) is 4.79 Å². The third-order valence-corrected chi connectivity index (χ3v) is 4.12. The zero-order valence-corrected chi connectivity index (χ0v) is 12.7. The molecule has 1 aliphatic rings. The van der Waals surface area contributed by atoms with Crippen LogP contribution in [0.4, 0.5) is 0 Å². The summed E-state index contributed by atoms with van der Waals surface area (Å²) in [6, 6.07) is 0.414. The molecule has 0 fully saturated rings. The van der Waals surface area contributed by atoms with E-state index in [0.29, 0.717) is 6.04 Å². The Morgan fingerprint density at radius 2 is 1.94 bits per heavy atom. The zero-order valence-electron chi connectivity index (χ0n) is 12.7. The molecule has 0 saturated heterocycles. The van der Waals surface area contributed by atoms with Gasteiger partial charge in [0.05, 0.1) is 21.1 Å². The number of hydrogen-bond acceptors (Lipinski definition) is 1. The molecule has 0 saturated carbocycles. The molecule has 0 radical (unpaired) electrons. The summed E-state index contributed by atoms with van der Waals surface area (Å²) in [5, 5.41) is 0. The Morgan fingerprint density at radius 1 is 1.22 bits per heavy atom. The number of aldehydes is 1. The lowest BCUT2D eigenvalue weighted by atomic mass is 9.84. The molecule has 0 heterocycles. The molecule has 0 bridgehead atoms. The number of rotatable bonds is 7. The van der Waals surface area contributed by atoms with Gasteiger partial charge in [-0.2, -0.15) is 0 Å². The molecule has 0 amide bonds. The van der Waals surface area contributed by atoms with E-state index >= 15 is 0 Å². The third-order valence-electron chi connectivity index (χ3n) is 4.12. The summed E-state index contributed by atoms with van der Waals surface area (Å²) in [5.41, 5.74) is 2.57. The number of carbonyl (C=O) groups excluding carboxylic acids is 1. The SMILES string of the molecule is CCCCCCC1=C(C=O)C([N+](C)(C)C)CCC1. The maximum absolute atomic E-state index is 11.4. The second kappa shape index (κ2) is 7.08. The maximum Gasteiger partial charge on any atom is 0.151 e. The van der Waals surface area contributed by atoms with Crippen LogP contribution in [-0.4, -0.2) is 38.0 Å². The Hall–Kier alpha value is -0.630. The monoisotopic (exact) mass is 252 g/mol. The van der Waals surface area contributed by atoms with E-state index in [2.05, 4.69) is 28.1 Å². The van der Waals surface area contributed by atoms with Gasteiger partial charge in [0.25, 0.3) is 0 Å². The fourth-order valence-corrected chi connectivity index (χ4v) is 3.05. The van der Waals surface area contributed by atoms with Crippen LogP contribution in [0.25, 0.3) is 0 Å². The third kappa shape index (κ3) is 4.24. The van der Waals surface area contributed by atoms with Crippen molar-refractivity contribution in [2.75, 3.05) is 21.1 Å². The molecule has 1 aliphatic carbocycles. The van der Waals surface area contributed by atoms with Gasteiger partial charge in [0.1, 0.15) is 6.04 Å². The van der Waals surface area contributed by atoms with Crippen molar-refractivity contribution in [2.24, 2.45) is 0 Å². The summed E-state index contributed by atoms with van der Waals surface area (Å²) < 4.78 is 0.881. The van der Waals surface area contributed by atoms with Crippen molar-refractivity contribution in [3.63, 3.8) is 0 Å². The van der Waals surface area contributed by atoms with Gasteiger partial charge in [-0.05, 0) is 25.7 Å². The standard InChI is InChI=1S/C16H30NO/c1-5-6-7-8-10-14-11-9-12-16(15(14)13-18)17(2,3)4/h13,16H,5-12H2,1-4H3/q+1. The maximum atomic E-state index is 11.4. The summed E-state index contributed by atoms with van der Waals surface area (Å²) in [4.78, 5) is 11.4. The van der Waals surface area contributed by atoms with Crippen LogP contribution in [0, 0.1) is 0 Å². The van der Waals surface area contributed by atoms with E-state index in [1.165, 1.54) is 37.7 Å². The topological polar surface area (TPSA) is 17.1 Å². The number of likely N-dealkylation sites (N-methyl/N-ethyl adjacent to an activating group) is 1. The first kappa shape index (κ1) is 15.4. The molecular formula is C16H30NO+.